The number of rotatable bonds is 6. The van der Waals surface area contributed by atoms with Gasteiger partial charge in [0.05, 0.1) is 16.5 Å². The molecule has 2 aromatic carbocycles. The van der Waals surface area contributed by atoms with Gasteiger partial charge in [0.2, 0.25) is 15.9 Å². The first-order valence-electron chi connectivity index (χ1n) is 10.5. The minimum atomic E-state index is -3.78. The lowest BCUT2D eigenvalue weighted by atomic mass is 9.98. The van der Waals surface area contributed by atoms with Gasteiger partial charge in [-0.3, -0.25) is 4.79 Å². The third-order valence-corrected chi connectivity index (χ3v) is 7.62. The number of nitrogens with one attached hydrogen (secondary N) is 1. The highest BCUT2D eigenvalue weighted by molar-refractivity contribution is 7.89. The van der Waals surface area contributed by atoms with Gasteiger partial charge in [-0.25, -0.2) is 17.8 Å². The quantitative estimate of drug-likeness (QED) is 0.618. The third kappa shape index (κ3) is 4.58. The summed E-state index contributed by atoms with van der Waals surface area (Å²) < 4.78 is 42.3. The Kier molecular flexibility index (Phi) is 6.38. The van der Waals surface area contributed by atoms with E-state index in [0.29, 0.717) is 25.9 Å². The van der Waals surface area contributed by atoms with Crippen LogP contribution in [0.5, 0.6) is 0 Å². The van der Waals surface area contributed by atoms with Crippen molar-refractivity contribution in [3.63, 3.8) is 0 Å². The molecule has 1 aliphatic heterocycles. The fraction of sp³-hybridized carbons (Fsp3) is 0.304. The number of aromatic nitrogens is 2. The van der Waals surface area contributed by atoms with Crippen LogP contribution in [0, 0.1) is 18.7 Å². The number of piperidine rings is 1. The Hall–Kier alpha value is -3.04. The van der Waals surface area contributed by atoms with E-state index in [1.165, 1.54) is 16.4 Å². The van der Waals surface area contributed by atoms with E-state index >= 15 is 0 Å². The van der Waals surface area contributed by atoms with Crippen molar-refractivity contribution < 1.29 is 17.6 Å². The molecule has 2 heterocycles. The van der Waals surface area contributed by atoms with Crippen molar-refractivity contribution in [2.24, 2.45) is 5.92 Å². The van der Waals surface area contributed by atoms with Gasteiger partial charge in [-0.2, -0.15) is 4.31 Å². The molecule has 1 amide bonds. The van der Waals surface area contributed by atoms with E-state index < -0.39 is 21.8 Å². The number of carbonyl (C=O) groups is 1. The first kappa shape index (κ1) is 22.2. The summed E-state index contributed by atoms with van der Waals surface area (Å²) in [5.41, 5.74) is 1.88. The van der Waals surface area contributed by atoms with E-state index in [9.17, 15) is 17.6 Å². The highest BCUT2D eigenvalue weighted by Gasteiger charge is 2.33. The first-order valence-corrected chi connectivity index (χ1v) is 11.9. The van der Waals surface area contributed by atoms with Crippen molar-refractivity contribution in [2.45, 2.75) is 31.2 Å². The number of hydrogen-bond acceptors (Lipinski definition) is 4. The molecule has 1 fully saturated rings. The monoisotopic (exact) mass is 456 g/mol. The summed E-state index contributed by atoms with van der Waals surface area (Å²) in [5.74, 6) is -0.272. The normalized spacial score (nSPS) is 17.2. The lowest BCUT2D eigenvalue weighted by molar-refractivity contribution is -0.126. The van der Waals surface area contributed by atoms with Crippen molar-refractivity contribution in [3.05, 3.63) is 78.1 Å². The smallest absolute Gasteiger partial charge is 0.243 e. The molecule has 1 unspecified atom stereocenters. The second kappa shape index (κ2) is 9.22. The van der Waals surface area contributed by atoms with Gasteiger partial charge in [-0.1, -0.05) is 18.2 Å². The Balaban J connectivity index is 1.44. The van der Waals surface area contributed by atoms with E-state index in [-0.39, 0.29) is 17.3 Å². The Morgan fingerprint density at radius 2 is 1.94 bits per heavy atom. The molecule has 1 saturated heterocycles. The zero-order valence-electron chi connectivity index (χ0n) is 17.7. The molecule has 7 nitrogen and oxygen atoms in total. The van der Waals surface area contributed by atoms with Gasteiger partial charge in [-0.05, 0) is 55.7 Å². The number of hydrogen-bond donors (Lipinski definition) is 1. The molecule has 3 aromatic rings. The summed E-state index contributed by atoms with van der Waals surface area (Å²) >= 11 is 0. The van der Waals surface area contributed by atoms with E-state index in [2.05, 4.69) is 10.3 Å². The highest BCUT2D eigenvalue weighted by atomic mass is 32.2. The standard InChI is InChI=1S/C23H25FN4O3S/c1-17-25-12-14-28(17)22-7-3-2-5-18(22)15-26-23(29)19-6-4-13-27(16-19)32(30,31)21-10-8-20(24)9-11-21/h2-3,5,7-12,14,19H,4,6,13,15-16H2,1H3,(H,26,29). The molecule has 0 bridgehead atoms. The Labute approximate surface area is 186 Å². The van der Waals surface area contributed by atoms with Gasteiger partial charge >= 0.3 is 0 Å². The van der Waals surface area contributed by atoms with Crippen molar-refractivity contribution in [2.75, 3.05) is 13.1 Å². The van der Waals surface area contributed by atoms with Gasteiger partial charge in [0.1, 0.15) is 11.6 Å². The number of sulfonamides is 1. The van der Waals surface area contributed by atoms with Crippen molar-refractivity contribution in [1.29, 1.82) is 0 Å². The van der Waals surface area contributed by atoms with E-state index in [1.807, 2.05) is 42.0 Å². The van der Waals surface area contributed by atoms with Crippen LogP contribution in [0.3, 0.4) is 0 Å². The number of benzene rings is 2. The van der Waals surface area contributed by atoms with Crippen LogP contribution in [0.2, 0.25) is 0 Å². The summed E-state index contributed by atoms with van der Waals surface area (Å²) in [4.78, 5) is 17.2. The Bertz CT molecular complexity index is 1210. The molecule has 168 valence electrons. The minimum absolute atomic E-state index is 0.0320. The topological polar surface area (TPSA) is 84.3 Å². The number of para-hydroxylation sites is 1. The van der Waals surface area contributed by atoms with Crippen molar-refractivity contribution in [1.82, 2.24) is 19.2 Å². The van der Waals surface area contributed by atoms with E-state index in [1.54, 1.807) is 6.20 Å². The van der Waals surface area contributed by atoms with Crippen LogP contribution < -0.4 is 5.32 Å². The molecule has 0 aliphatic carbocycles. The average molecular weight is 457 g/mol. The Morgan fingerprint density at radius 1 is 1.19 bits per heavy atom. The molecule has 1 atom stereocenters. The lowest BCUT2D eigenvalue weighted by Crippen LogP contribution is -2.45. The van der Waals surface area contributed by atoms with Crippen molar-refractivity contribution >= 4 is 15.9 Å². The van der Waals surface area contributed by atoms with Crippen LogP contribution in [-0.2, 0) is 21.4 Å². The second-order valence-electron chi connectivity index (χ2n) is 7.85. The molecule has 4 rings (SSSR count). The maximum atomic E-state index is 13.2. The predicted octanol–water partition coefficient (Wildman–Crippen LogP) is 3.04. The van der Waals surface area contributed by atoms with Crippen LogP contribution in [-0.4, -0.2) is 41.3 Å². The third-order valence-electron chi connectivity index (χ3n) is 5.74. The average Bonchev–Trinajstić information content (AvgIpc) is 3.23. The molecule has 1 aliphatic rings. The van der Waals surface area contributed by atoms with Gasteiger partial charge in [-0.15, -0.1) is 0 Å². The van der Waals surface area contributed by atoms with Crippen LogP contribution in [0.4, 0.5) is 4.39 Å². The lowest BCUT2D eigenvalue weighted by Gasteiger charge is -2.31. The zero-order chi connectivity index (χ0) is 22.7. The van der Waals surface area contributed by atoms with Crippen LogP contribution in [0.25, 0.3) is 5.69 Å². The highest BCUT2D eigenvalue weighted by Crippen LogP contribution is 2.24. The number of imidazole rings is 1. The number of nitrogens with zero attached hydrogens (tertiary/aromatic N) is 3. The fourth-order valence-corrected chi connectivity index (χ4v) is 5.51. The molecule has 0 saturated carbocycles. The molecule has 0 radical (unpaired) electrons. The predicted molar refractivity (Wildman–Crippen MR) is 118 cm³/mol. The molecule has 1 N–H and O–H groups in total. The Morgan fingerprint density at radius 3 is 2.66 bits per heavy atom. The largest absolute Gasteiger partial charge is 0.352 e. The summed E-state index contributed by atoms with van der Waals surface area (Å²) in [7, 11) is -3.78. The number of halogens is 1. The van der Waals surface area contributed by atoms with Crippen LogP contribution in [0.1, 0.15) is 24.2 Å². The summed E-state index contributed by atoms with van der Waals surface area (Å²) in [5, 5.41) is 2.97. The van der Waals surface area contributed by atoms with Crippen molar-refractivity contribution in [3.8, 4) is 5.69 Å². The maximum Gasteiger partial charge on any atom is 0.243 e. The number of amides is 1. The zero-order valence-corrected chi connectivity index (χ0v) is 18.6. The summed E-state index contributed by atoms with van der Waals surface area (Å²) in [6.45, 7) is 2.68. The first-order chi connectivity index (χ1) is 15.4. The van der Waals surface area contributed by atoms with Gasteiger partial charge in [0, 0.05) is 32.0 Å². The number of aryl methyl sites for hydroxylation is 1. The van der Waals surface area contributed by atoms with Crippen LogP contribution >= 0.6 is 0 Å². The second-order valence-corrected chi connectivity index (χ2v) is 9.79. The molecule has 1 aromatic heterocycles. The summed E-state index contributed by atoms with van der Waals surface area (Å²) in [6.07, 6.45) is 4.80. The molecular weight excluding hydrogens is 431 g/mol. The van der Waals surface area contributed by atoms with E-state index in [4.69, 9.17) is 0 Å². The minimum Gasteiger partial charge on any atom is -0.352 e. The molecule has 0 spiro atoms. The fourth-order valence-electron chi connectivity index (χ4n) is 3.98. The van der Waals surface area contributed by atoms with Crippen LogP contribution in [0.15, 0.2) is 65.8 Å². The molecule has 32 heavy (non-hydrogen) atoms. The number of carbonyl (C=O) groups excluding carboxylic acids is 1. The van der Waals surface area contributed by atoms with Gasteiger partial charge in [0.15, 0.2) is 0 Å². The van der Waals surface area contributed by atoms with E-state index in [0.717, 1.165) is 29.2 Å². The molecular formula is C23H25FN4O3S. The van der Waals surface area contributed by atoms with Gasteiger partial charge < -0.3 is 9.88 Å². The SMILES string of the molecule is Cc1nccn1-c1ccccc1CNC(=O)C1CCCN(S(=O)(=O)c2ccc(F)cc2)C1. The maximum absolute atomic E-state index is 13.2. The van der Waals surface area contributed by atoms with Gasteiger partial charge in [0.25, 0.3) is 0 Å². The molecule has 9 heteroatoms. The summed E-state index contributed by atoms with van der Waals surface area (Å²) in [6, 6.07) is 12.5.